The first-order valence-electron chi connectivity index (χ1n) is 9.15. The zero-order valence-corrected chi connectivity index (χ0v) is 15.2. The summed E-state index contributed by atoms with van der Waals surface area (Å²) in [7, 11) is 0. The zero-order chi connectivity index (χ0) is 18.5. The third kappa shape index (κ3) is 2.43. The number of nitrogens with zero attached hydrogens (tertiary/aromatic N) is 3. The van der Waals surface area contributed by atoms with Crippen LogP contribution in [0.5, 0.6) is 0 Å². The summed E-state index contributed by atoms with van der Waals surface area (Å²) >= 11 is 0. The number of carbonyl (C=O) groups excluding carboxylic acids is 1. The lowest BCUT2D eigenvalue weighted by Crippen LogP contribution is -2.51. The highest BCUT2D eigenvalue weighted by Gasteiger charge is 2.47. The van der Waals surface area contributed by atoms with Crippen LogP contribution in [0.25, 0.3) is 5.69 Å². The van der Waals surface area contributed by atoms with Crippen molar-refractivity contribution < 1.29 is 14.7 Å². The van der Waals surface area contributed by atoms with Crippen molar-refractivity contribution in [2.24, 2.45) is 0 Å². The molecule has 1 aliphatic carbocycles. The number of hydrogen-bond acceptors (Lipinski definition) is 3. The maximum Gasteiger partial charge on any atom is 0.329 e. The second kappa shape index (κ2) is 5.97. The summed E-state index contributed by atoms with van der Waals surface area (Å²) < 4.78 is 1.86. The van der Waals surface area contributed by atoms with E-state index in [0.717, 1.165) is 36.2 Å². The van der Waals surface area contributed by atoms with Crippen LogP contribution in [0.3, 0.4) is 0 Å². The number of carboxylic acid groups (broad SMARTS) is 1. The van der Waals surface area contributed by atoms with Crippen LogP contribution in [0, 0.1) is 6.92 Å². The van der Waals surface area contributed by atoms with E-state index >= 15 is 0 Å². The van der Waals surface area contributed by atoms with Crippen LogP contribution in [-0.4, -0.2) is 43.7 Å². The second-order valence-electron chi connectivity index (χ2n) is 7.51. The van der Waals surface area contributed by atoms with Gasteiger partial charge in [-0.15, -0.1) is 0 Å². The van der Waals surface area contributed by atoms with Gasteiger partial charge in [0.1, 0.15) is 5.54 Å². The Bertz CT molecular complexity index is 884. The zero-order valence-electron chi connectivity index (χ0n) is 15.2. The second-order valence-corrected chi connectivity index (χ2v) is 7.51. The summed E-state index contributed by atoms with van der Waals surface area (Å²) in [5, 5.41) is 14.3. The molecule has 0 bridgehead atoms. The van der Waals surface area contributed by atoms with Gasteiger partial charge in [0.05, 0.1) is 5.69 Å². The van der Waals surface area contributed by atoms with E-state index in [1.807, 2.05) is 35.9 Å². The number of amides is 1. The van der Waals surface area contributed by atoms with Gasteiger partial charge < -0.3 is 10.0 Å². The molecule has 6 nitrogen and oxygen atoms in total. The van der Waals surface area contributed by atoms with Crippen LogP contribution in [0.2, 0.25) is 0 Å². The van der Waals surface area contributed by atoms with Crippen molar-refractivity contribution in [3.05, 3.63) is 46.8 Å². The molecule has 0 radical (unpaired) electrons. The van der Waals surface area contributed by atoms with Crippen LogP contribution in [-0.2, 0) is 17.6 Å². The fraction of sp³-hybridized carbons (Fsp3) is 0.450. The summed E-state index contributed by atoms with van der Waals surface area (Å²) in [6.45, 7) is 4.14. The summed E-state index contributed by atoms with van der Waals surface area (Å²) in [4.78, 5) is 26.5. The molecule has 1 N–H and O–H groups in total. The molecule has 26 heavy (non-hydrogen) atoms. The minimum Gasteiger partial charge on any atom is -0.480 e. The Morgan fingerprint density at radius 2 is 1.88 bits per heavy atom. The molecule has 6 heteroatoms. The van der Waals surface area contributed by atoms with E-state index in [-0.39, 0.29) is 5.91 Å². The lowest BCUT2D eigenvalue weighted by molar-refractivity contribution is -0.147. The van der Waals surface area contributed by atoms with Crippen molar-refractivity contribution >= 4 is 11.9 Å². The Morgan fingerprint density at radius 3 is 2.58 bits per heavy atom. The van der Waals surface area contributed by atoms with Crippen LogP contribution in [0.1, 0.15) is 53.5 Å². The van der Waals surface area contributed by atoms with E-state index in [9.17, 15) is 14.7 Å². The quantitative estimate of drug-likeness (QED) is 0.921. The molecule has 1 atom stereocenters. The molecule has 1 amide bonds. The van der Waals surface area contributed by atoms with Gasteiger partial charge in [0.25, 0.3) is 5.91 Å². The van der Waals surface area contributed by atoms with Crippen molar-refractivity contribution in [1.29, 1.82) is 0 Å². The Morgan fingerprint density at radius 1 is 1.15 bits per heavy atom. The molecule has 2 aliphatic rings. The third-order valence-corrected chi connectivity index (χ3v) is 5.76. The first-order valence-corrected chi connectivity index (χ1v) is 9.15. The Hall–Kier alpha value is -2.63. The van der Waals surface area contributed by atoms with Crippen LogP contribution < -0.4 is 0 Å². The number of aliphatic carboxylic acids is 1. The Balaban J connectivity index is 1.76. The average Bonchev–Trinajstić information content (AvgIpc) is 3.30. The van der Waals surface area contributed by atoms with Gasteiger partial charge in [-0.1, -0.05) is 17.7 Å². The topological polar surface area (TPSA) is 75.4 Å². The monoisotopic (exact) mass is 353 g/mol. The first kappa shape index (κ1) is 16.8. The van der Waals surface area contributed by atoms with Crippen LogP contribution in [0.4, 0.5) is 0 Å². The largest absolute Gasteiger partial charge is 0.480 e. The molecule has 2 heterocycles. The Labute approximate surface area is 152 Å². The maximum atomic E-state index is 13.2. The minimum atomic E-state index is -1.14. The fourth-order valence-corrected chi connectivity index (χ4v) is 4.15. The van der Waals surface area contributed by atoms with E-state index < -0.39 is 11.5 Å². The molecule has 0 spiro atoms. The molecular weight excluding hydrogens is 330 g/mol. The number of benzene rings is 1. The number of rotatable bonds is 3. The molecule has 4 rings (SSSR count). The van der Waals surface area contributed by atoms with E-state index in [4.69, 9.17) is 0 Å². The minimum absolute atomic E-state index is 0.253. The molecule has 1 aromatic carbocycles. The number of aromatic nitrogens is 2. The number of carbonyl (C=O) groups is 2. The van der Waals surface area contributed by atoms with Gasteiger partial charge in [-0.3, -0.25) is 4.79 Å². The molecule has 2 aromatic rings. The van der Waals surface area contributed by atoms with Gasteiger partial charge in [0, 0.05) is 17.8 Å². The van der Waals surface area contributed by atoms with E-state index in [2.05, 4.69) is 5.10 Å². The predicted molar refractivity (Wildman–Crippen MR) is 96.6 cm³/mol. The van der Waals surface area contributed by atoms with Gasteiger partial charge in [0.2, 0.25) is 0 Å². The van der Waals surface area contributed by atoms with E-state index in [1.54, 1.807) is 6.92 Å². The highest BCUT2D eigenvalue weighted by Crippen LogP contribution is 2.34. The van der Waals surface area contributed by atoms with Gasteiger partial charge in [-0.25, -0.2) is 9.48 Å². The molecule has 0 saturated carbocycles. The lowest BCUT2D eigenvalue weighted by Gasteiger charge is -2.30. The van der Waals surface area contributed by atoms with Crippen LogP contribution >= 0.6 is 0 Å². The molecule has 136 valence electrons. The summed E-state index contributed by atoms with van der Waals surface area (Å²) in [6.07, 6.45) is 3.89. The van der Waals surface area contributed by atoms with Crippen molar-refractivity contribution in [3.8, 4) is 5.69 Å². The fourth-order valence-electron chi connectivity index (χ4n) is 4.15. The number of carboxylic acids is 1. The van der Waals surface area contributed by atoms with Crippen molar-refractivity contribution in [3.63, 3.8) is 0 Å². The Kier molecular flexibility index (Phi) is 3.86. The van der Waals surface area contributed by atoms with Crippen LogP contribution in [0.15, 0.2) is 24.3 Å². The predicted octanol–water partition coefficient (Wildman–Crippen LogP) is 2.75. The smallest absolute Gasteiger partial charge is 0.329 e. The number of aryl methyl sites for hydroxylation is 1. The van der Waals surface area contributed by atoms with Gasteiger partial charge in [0.15, 0.2) is 5.69 Å². The SMILES string of the molecule is Cc1ccc(-n2nc(C(=O)N3CCCC3(C)C(=O)O)c3c2CCC3)cc1. The summed E-state index contributed by atoms with van der Waals surface area (Å²) in [5.41, 5.74) is 3.45. The normalized spacial score (nSPS) is 21.8. The summed E-state index contributed by atoms with van der Waals surface area (Å²) in [5.74, 6) is -1.20. The maximum absolute atomic E-state index is 13.2. The van der Waals surface area contributed by atoms with E-state index in [1.165, 1.54) is 10.5 Å². The average molecular weight is 353 g/mol. The van der Waals surface area contributed by atoms with Crippen molar-refractivity contribution in [1.82, 2.24) is 14.7 Å². The molecular formula is C20H23N3O3. The summed E-state index contributed by atoms with van der Waals surface area (Å²) in [6, 6.07) is 8.07. The lowest BCUT2D eigenvalue weighted by atomic mass is 9.99. The van der Waals surface area contributed by atoms with Gasteiger partial charge in [-0.2, -0.15) is 5.10 Å². The molecule has 1 saturated heterocycles. The highest BCUT2D eigenvalue weighted by molar-refractivity contribution is 5.98. The molecule has 1 aliphatic heterocycles. The molecule has 1 aromatic heterocycles. The van der Waals surface area contributed by atoms with Crippen molar-refractivity contribution in [2.75, 3.05) is 6.54 Å². The standard InChI is InChI=1S/C20H23N3O3/c1-13-7-9-14(10-8-13)23-16-6-3-5-15(16)17(21-23)18(24)22-12-4-11-20(22,2)19(25)26/h7-10H,3-6,11-12H2,1-2H3,(H,25,26). The highest BCUT2D eigenvalue weighted by atomic mass is 16.4. The molecule has 1 fully saturated rings. The number of fused-ring (bicyclic) bond motifs is 1. The first-order chi connectivity index (χ1) is 12.4. The van der Waals surface area contributed by atoms with Gasteiger partial charge in [-0.05, 0) is 58.1 Å². The van der Waals surface area contributed by atoms with Crippen molar-refractivity contribution in [2.45, 2.75) is 51.5 Å². The number of likely N-dealkylation sites (tertiary alicyclic amines) is 1. The number of hydrogen-bond donors (Lipinski definition) is 1. The van der Waals surface area contributed by atoms with E-state index in [0.29, 0.717) is 25.1 Å². The third-order valence-electron chi connectivity index (χ3n) is 5.76. The van der Waals surface area contributed by atoms with Gasteiger partial charge >= 0.3 is 5.97 Å². The molecule has 1 unspecified atom stereocenters.